The van der Waals surface area contributed by atoms with Crippen LogP contribution in [0.5, 0.6) is 0 Å². The summed E-state index contributed by atoms with van der Waals surface area (Å²) in [4.78, 5) is 2.33. The van der Waals surface area contributed by atoms with Gasteiger partial charge in [0.15, 0.2) is 0 Å². The van der Waals surface area contributed by atoms with E-state index in [9.17, 15) is 0 Å². The molecule has 1 aromatic heterocycles. The lowest BCUT2D eigenvalue weighted by atomic mass is 9.98. The van der Waals surface area contributed by atoms with Crippen LogP contribution in [0.2, 0.25) is 0 Å². The van der Waals surface area contributed by atoms with Gasteiger partial charge in [-0.05, 0) is 111 Å². The van der Waals surface area contributed by atoms with Crippen LogP contribution in [0, 0.1) is 0 Å². The fraction of sp³-hybridized carbons (Fsp3) is 0. The summed E-state index contributed by atoms with van der Waals surface area (Å²) >= 11 is 0. The Bertz CT molecular complexity index is 2930. The third kappa shape index (κ3) is 6.24. The Kier molecular flexibility index (Phi) is 8.55. The van der Waals surface area contributed by atoms with E-state index in [1.807, 2.05) is 0 Å². The van der Waals surface area contributed by atoms with Crippen LogP contribution >= 0.6 is 0 Å². The van der Waals surface area contributed by atoms with Crippen molar-refractivity contribution in [3.63, 3.8) is 0 Å². The van der Waals surface area contributed by atoms with Crippen molar-refractivity contribution in [2.75, 3.05) is 4.90 Å². The molecule has 2 nitrogen and oxygen atoms in total. The molecule has 0 saturated carbocycles. The monoisotopic (exact) mass is 714 g/mol. The molecule has 10 aromatic rings. The predicted octanol–water partition coefficient (Wildman–Crippen LogP) is 14.9. The molecule has 56 heavy (non-hydrogen) atoms. The molecule has 2 heteroatoms. The van der Waals surface area contributed by atoms with Crippen molar-refractivity contribution in [3.05, 3.63) is 231 Å². The van der Waals surface area contributed by atoms with Crippen LogP contribution < -0.4 is 4.90 Å². The number of anilines is 3. The third-order valence-corrected chi connectivity index (χ3v) is 10.8. The number of nitrogens with zero attached hydrogens (tertiary/aromatic N) is 2. The van der Waals surface area contributed by atoms with E-state index >= 15 is 0 Å². The lowest BCUT2D eigenvalue weighted by Gasteiger charge is -2.26. The SMILES string of the molecule is c1ccc(-c2ccc(N(c3ccccc3)c3cccc(-c4ccc(-c5ccc6c(c5)c5ccccc5n6-c5cccc(-c6ccccc6)c5)cc4)c3)cc2)cc1. The van der Waals surface area contributed by atoms with Gasteiger partial charge < -0.3 is 9.47 Å². The zero-order valence-electron chi connectivity index (χ0n) is 30.8. The molecule has 0 fully saturated rings. The lowest BCUT2D eigenvalue weighted by Crippen LogP contribution is -2.09. The molecule has 0 unspecified atom stereocenters. The van der Waals surface area contributed by atoms with E-state index in [2.05, 4.69) is 240 Å². The Hall–Kier alpha value is -7.42. The first-order valence-electron chi connectivity index (χ1n) is 19.2. The summed E-state index contributed by atoms with van der Waals surface area (Å²) in [6.07, 6.45) is 0. The fourth-order valence-corrected chi connectivity index (χ4v) is 8.02. The number of hydrogen-bond acceptors (Lipinski definition) is 1. The zero-order valence-corrected chi connectivity index (χ0v) is 30.8. The molecule has 0 saturated heterocycles. The first-order chi connectivity index (χ1) is 27.8. The van der Waals surface area contributed by atoms with Crippen molar-refractivity contribution in [2.24, 2.45) is 0 Å². The van der Waals surface area contributed by atoms with Crippen LogP contribution in [0.25, 0.3) is 72.0 Å². The molecular formula is C54H38N2. The topological polar surface area (TPSA) is 8.17 Å². The molecule has 0 aliphatic carbocycles. The molecule has 0 bridgehead atoms. The Balaban J connectivity index is 0.980. The normalized spacial score (nSPS) is 11.2. The summed E-state index contributed by atoms with van der Waals surface area (Å²) in [5, 5.41) is 2.50. The minimum Gasteiger partial charge on any atom is -0.310 e. The second kappa shape index (κ2) is 14.4. The van der Waals surface area contributed by atoms with E-state index in [0.717, 1.165) is 22.7 Å². The Labute approximate surface area is 327 Å². The highest BCUT2D eigenvalue weighted by Gasteiger charge is 2.16. The van der Waals surface area contributed by atoms with Crippen LogP contribution in [0.4, 0.5) is 17.1 Å². The van der Waals surface area contributed by atoms with E-state index in [1.165, 1.54) is 66.3 Å². The Morgan fingerprint density at radius 1 is 0.250 bits per heavy atom. The number of rotatable bonds is 8. The third-order valence-electron chi connectivity index (χ3n) is 10.8. The molecule has 0 radical (unpaired) electrons. The van der Waals surface area contributed by atoms with E-state index in [1.54, 1.807) is 0 Å². The van der Waals surface area contributed by atoms with Crippen molar-refractivity contribution < 1.29 is 0 Å². The van der Waals surface area contributed by atoms with Crippen molar-refractivity contribution in [1.29, 1.82) is 0 Å². The van der Waals surface area contributed by atoms with Gasteiger partial charge in [0.2, 0.25) is 0 Å². The van der Waals surface area contributed by atoms with Gasteiger partial charge in [-0.2, -0.15) is 0 Å². The van der Waals surface area contributed by atoms with Gasteiger partial charge >= 0.3 is 0 Å². The Morgan fingerprint density at radius 2 is 0.679 bits per heavy atom. The quantitative estimate of drug-likeness (QED) is 0.152. The highest BCUT2D eigenvalue weighted by Crippen LogP contribution is 2.39. The van der Waals surface area contributed by atoms with Crippen molar-refractivity contribution >= 4 is 38.9 Å². The van der Waals surface area contributed by atoms with Gasteiger partial charge in [0.05, 0.1) is 11.0 Å². The second-order valence-corrected chi connectivity index (χ2v) is 14.2. The van der Waals surface area contributed by atoms with Gasteiger partial charge in [0.25, 0.3) is 0 Å². The first kappa shape index (κ1) is 33.2. The largest absolute Gasteiger partial charge is 0.310 e. The summed E-state index contributed by atoms with van der Waals surface area (Å²) in [5.74, 6) is 0. The maximum atomic E-state index is 2.40. The standard InChI is InChI=1S/C54H38N2/c1-4-14-39(15-5-1)41-30-33-48(34-31-41)55(47-20-8-3-9-21-47)49-22-12-19-45(36-49)42-26-28-43(29-27-42)46-32-35-54-52(38-46)51-24-10-11-25-53(51)56(54)50-23-13-18-44(37-50)40-16-6-2-7-17-40/h1-38H. The Morgan fingerprint density at radius 3 is 1.38 bits per heavy atom. The molecule has 0 aliphatic rings. The second-order valence-electron chi connectivity index (χ2n) is 14.2. The van der Waals surface area contributed by atoms with Crippen molar-refractivity contribution in [3.8, 4) is 50.2 Å². The van der Waals surface area contributed by atoms with Gasteiger partial charge in [-0.1, -0.05) is 164 Å². The summed E-state index contributed by atoms with van der Waals surface area (Å²) < 4.78 is 2.40. The van der Waals surface area contributed by atoms with Crippen LogP contribution in [0.1, 0.15) is 0 Å². The molecule has 0 spiro atoms. The minimum absolute atomic E-state index is 1.11. The van der Waals surface area contributed by atoms with Gasteiger partial charge in [-0.3, -0.25) is 0 Å². The van der Waals surface area contributed by atoms with Crippen molar-refractivity contribution in [1.82, 2.24) is 4.57 Å². The molecule has 9 aromatic carbocycles. The molecule has 0 amide bonds. The summed E-state index contributed by atoms with van der Waals surface area (Å²) in [5.41, 5.74) is 16.5. The molecule has 0 N–H and O–H groups in total. The van der Waals surface area contributed by atoms with E-state index < -0.39 is 0 Å². The van der Waals surface area contributed by atoms with E-state index in [0.29, 0.717) is 0 Å². The van der Waals surface area contributed by atoms with Gasteiger partial charge in [-0.25, -0.2) is 0 Å². The molecule has 0 atom stereocenters. The number of benzene rings is 9. The molecular weight excluding hydrogens is 677 g/mol. The smallest absolute Gasteiger partial charge is 0.0541 e. The molecule has 10 rings (SSSR count). The van der Waals surface area contributed by atoms with Gasteiger partial charge in [0, 0.05) is 33.5 Å². The first-order valence-corrected chi connectivity index (χ1v) is 19.2. The number of para-hydroxylation sites is 2. The van der Waals surface area contributed by atoms with Crippen LogP contribution in [0.15, 0.2) is 231 Å². The van der Waals surface area contributed by atoms with Crippen LogP contribution in [0.3, 0.4) is 0 Å². The maximum Gasteiger partial charge on any atom is 0.0541 e. The highest BCUT2D eigenvalue weighted by molar-refractivity contribution is 6.10. The van der Waals surface area contributed by atoms with E-state index in [-0.39, 0.29) is 0 Å². The average molecular weight is 715 g/mol. The zero-order chi connectivity index (χ0) is 37.3. The van der Waals surface area contributed by atoms with Crippen LogP contribution in [-0.4, -0.2) is 4.57 Å². The van der Waals surface area contributed by atoms with E-state index in [4.69, 9.17) is 0 Å². The van der Waals surface area contributed by atoms with Gasteiger partial charge in [-0.15, -0.1) is 0 Å². The fourth-order valence-electron chi connectivity index (χ4n) is 8.02. The molecule has 0 aliphatic heterocycles. The van der Waals surface area contributed by atoms with Gasteiger partial charge in [0.1, 0.15) is 0 Å². The van der Waals surface area contributed by atoms with Crippen LogP contribution in [-0.2, 0) is 0 Å². The molecule has 1 heterocycles. The number of aromatic nitrogens is 1. The number of hydrogen-bond donors (Lipinski definition) is 0. The molecule has 264 valence electrons. The summed E-state index contributed by atoms with van der Waals surface area (Å²) in [6.45, 7) is 0. The average Bonchev–Trinajstić information content (AvgIpc) is 3.62. The summed E-state index contributed by atoms with van der Waals surface area (Å²) in [7, 11) is 0. The maximum absolute atomic E-state index is 2.40. The lowest BCUT2D eigenvalue weighted by molar-refractivity contribution is 1.18. The highest BCUT2D eigenvalue weighted by atomic mass is 15.1. The summed E-state index contributed by atoms with van der Waals surface area (Å²) in [6, 6.07) is 82.9. The minimum atomic E-state index is 1.11. The predicted molar refractivity (Wildman–Crippen MR) is 237 cm³/mol. The number of fused-ring (bicyclic) bond motifs is 3. The van der Waals surface area contributed by atoms with Crippen molar-refractivity contribution in [2.45, 2.75) is 0 Å².